The molecule has 0 aliphatic heterocycles. The Labute approximate surface area is 120 Å². The van der Waals surface area contributed by atoms with Crippen LogP contribution in [0.1, 0.15) is 11.1 Å². The summed E-state index contributed by atoms with van der Waals surface area (Å²) in [5, 5.41) is 8.72. The first-order valence-electron chi connectivity index (χ1n) is 5.80. The molecular formula is C14H10F2N2O2S. The molecule has 0 amide bonds. The van der Waals surface area contributed by atoms with Gasteiger partial charge < -0.3 is 5.73 Å². The Morgan fingerprint density at radius 1 is 1.10 bits per heavy atom. The zero-order chi connectivity index (χ0) is 15.6. The Hall–Kier alpha value is -2.46. The number of hydrogen-bond acceptors (Lipinski definition) is 4. The van der Waals surface area contributed by atoms with Crippen molar-refractivity contribution in [3.63, 3.8) is 0 Å². The molecule has 0 atom stereocenters. The van der Waals surface area contributed by atoms with Crippen LogP contribution in [0.5, 0.6) is 0 Å². The second-order valence-electron chi connectivity index (χ2n) is 4.37. The minimum Gasteiger partial charge on any atom is -0.396 e. The largest absolute Gasteiger partial charge is 0.396 e. The zero-order valence-electron chi connectivity index (χ0n) is 10.7. The van der Waals surface area contributed by atoms with E-state index in [9.17, 15) is 17.2 Å². The average Bonchev–Trinajstić information content (AvgIpc) is 2.43. The van der Waals surface area contributed by atoms with Gasteiger partial charge in [0.05, 0.1) is 21.9 Å². The normalized spacial score (nSPS) is 11.1. The van der Waals surface area contributed by atoms with E-state index in [0.717, 1.165) is 24.3 Å². The lowest BCUT2D eigenvalue weighted by molar-refractivity contribution is 0.590. The van der Waals surface area contributed by atoms with Gasteiger partial charge in [0.25, 0.3) is 0 Å². The van der Waals surface area contributed by atoms with Crippen LogP contribution in [0.25, 0.3) is 0 Å². The Bertz CT molecular complexity index is 843. The van der Waals surface area contributed by atoms with E-state index in [0.29, 0.717) is 0 Å². The molecule has 0 aliphatic carbocycles. The number of anilines is 1. The smallest absolute Gasteiger partial charge is 0.182 e. The molecule has 2 rings (SSSR count). The van der Waals surface area contributed by atoms with Crippen molar-refractivity contribution in [3.05, 3.63) is 59.2 Å². The fraction of sp³-hybridized carbons (Fsp3) is 0.0714. The zero-order valence-corrected chi connectivity index (χ0v) is 11.5. The summed E-state index contributed by atoms with van der Waals surface area (Å²) in [6.45, 7) is 0. The average molecular weight is 308 g/mol. The molecule has 4 nitrogen and oxygen atoms in total. The molecule has 7 heteroatoms. The fourth-order valence-electron chi connectivity index (χ4n) is 1.75. The third-order valence-electron chi connectivity index (χ3n) is 2.84. The van der Waals surface area contributed by atoms with E-state index < -0.39 is 27.2 Å². The van der Waals surface area contributed by atoms with E-state index in [2.05, 4.69) is 0 Å². The number of nitrogen functional groups attached to an aromatic ring is 1. The lowest BCUT2D eigenvalue weighted by Gasteiger charge is -2.06. The molecule has 0 fully saturated rings. The lowest BCUT2D eigenvalue weighted by Crippen LogP contribution is -2.06. The summed E-state index contributed by atoms with van der Waals surface area (Å²) in [5.74, 6) is -2.02. The Morgan fingerprint density at radius 2 is 1.81 bits per heavy atom. The molecule has 21 heavy (non-hydrogen) atoms. The summed E-state index contributed by atoms with van der Waals surface area (Å²) in [5.41, 5.74) is 5.14. The first-order valence-corrected chi connectivity index (χ1v) is 7.45. The van der Waals surface area contributed by atoms with Gasteiger partial charge in [-0.3, -0.25) is 0 Å². The van der Waals surface area contributed by atoms with Crippen LogP contribution in [0.3, 0.4) is 0 Å². The number of hydrogen-bond donors (Lipinski definition) is 1. The standard InChI is InChI=1S/C14H10F2N2O2S/c15-12-3-1-9(5-10(12)7-17)8-21(19,20)11-2-4-14(18)13(16)6-11/h1-6H,8,18H2. The molecular weight excluding hydrogens is 298 g/mol. The molecule has 2 aromatic rings. The van der Waals surface area contributed by atoms with Crippen LogP contribution in [-0.2, 0) is 15.6 Å². The highest BCUT2D eigenvalue weighted by Gasteiger charge is 2.18. The molecule has 0 spiro atoms. The topological polar surface area (TPSA) is 84.0 Å². The second kappa shape index (κ2) is 5.50. The highest BCUT2D eigenvalue weighted by Crippen LogP contribution is 2.21. The second-order valence-corrected chi connectivity index (χ2v) is 6.36. The minimum absolute atomic E-state index is 0.150. The molecule has 0 unspecified atom stereocenters. The van der Waals surface area contributed by atoms with Gasteiger partial charge in [-0.2, -0.15) is 5.26 Å². The van der Waals surface area contributed by atoms with E-state index in [-0.39, 0.29) is 21.7 Å². The molecule has 0 heterocycles. The summed E-state index contributed by atoms with van der Waals surface area (Å²) in [6, 6.07) is 8.26. The van der Waals surface area contributed by atoms with Gasteiger partial charge in [-0.15, -0.1) is 0 Å². The number of nitrogens with two attached hydrogens (primary N) is 1. The van der Waals surface area contributed by atoms with Crippen molar-refractivity contribution in [2.45, 2.75) is 10.6 Å². The number of nitrogens with zero attached hydrogens (tertiary/aromatic N) is 1. The number of sulfone groups is 1. The van der Waals surface area contributed by atoms with Crippen LogP contribution in [0.15, 0.2) is 41.3 Å². The molecule has 0 aromatic heterocycles. The summed E-state index contributed by atoms with van der Waals surface area (Å²) in [4.78, 5) is -0.225. The van der Waals surface area contributed by atoms with Gasteiger partial charge in [-0.1, -0.05) is 6.07 Å². The van der Waals surface area contributed by atoms with Crippen LogP contribution in [-0.4, -0.2) is 8.42 Å². The summed E-state index contributed by atoms with van der Waals surface area (Å²) >= 11 is 0. The summed E-state index contributed by atoms with van der Waals surface area (Å²) in [7, 11) is -3.82. The third kappa shape index (κ3) is 3.17. The number of nitriles is 1. The fourth-order valence-corrected chi connectivity index (χ4v) is 3.10. The van der Waals surface area contributed by atoms with Crippen molar-refractivity contribution in [3.8, 4) is 6.07 Å². The number of halogens is 2. The maximum Gasteiger partial charge on any atom is 0.182 e. The van der Waals surface area contributed by atoms with E-state index in [4.69, 9.17) is 11.0 Å². The maximum atomic E-state index is 13.3. The number of benzene rings is 2. The molecule has 2 aromatic carbocycles. The van der Waals surface area contributed by atoms with Crippen molar-refractivity contribution in [1.29, 1.82) is 5.26 Å². The van der Waals surface area contributed by atoms with Gasteiger partial charge in [0.2, 0.25) is 0 Å². The Morgan fingerprint density at radius 3 is 2.43 bits per heavy atom. The van der Waals surface area contributed by atoms with Crippen LogP contribution in [0.2, 0.25) is 0 Å². The van der Waals surface area contributed by atoms with Crippen LogP contribution in [0, 0.1) is 23.0 Å². The minimum atomic E-state index is -3.82. The van der Waals surface area contributed by atoms with E-state index in [1.54, 1.807) is 6.07 Å². The SMILES string of the molecule is N#Cc1cc(CS(=O)(=O)c2ccc(N)c(F)c2)ccc1F. The quantitative estimate of drug-likeness (QED) is 0.882. The molecule has 0 saturated carbocycles. The Kier molecular flexibility index (Phi) is 3.91. The monoisotopic (exact) mass is 308 g/mol. The molecule has 0 bridgehead atoms. The van der Waals surface area contributed by atoms with Gasteiger partial charge in [-0.25, -0.2) is 17.2 Å². The van der Waals surface area contributed by atoms with Gasteiger partial charge in [-0.05, 0) is 35.9 Å². The van der Waals surface area contributed by atoms with Crippen LogP contribution >= 0.6 is 0 Å². The van der Waals surface area contributed by atoms with E-state index >= 15 is 0 Å². The maximum absolute atomic E-state index is 13.3. The van der Waals surface area contributed by atoms with Gasteiger partial charge in [0.1, 0.15) is 17.7 Å². The van der Waals surface area contributed by atoms with Crippen molar-refractivity contribution < 1.29 is 17.2 Å². The van der Waals surface area contributed by atoms with Crippen LogP contribution in [0.4, 0.5) is 14.5 Å². The highest BCUT2D eigenvalue weighted by molar-refractivity contribution is 7.90. The van der Waals surface area contributed by atoms with Gasteiger partial charge in [0, 0.05) is 0 Å². The first kappa shape index (κ1) is 14.9. The Balaban J connectivity index is 2.37. The summed E-state index contributed by atoms with van der Waals surface area (Å²) in [6.07, 6.45) is 0. The molecule has 0 radical (unpaired) electrons. The van der Waals surface area contributed by atoms with Gasteiger partial charge >= 0.3 is 0 Å². The molecule has 0 saturated heterocycles. The van der Waals surface area contributed by atoms with Crippen LogP contribution < -0.4 is 5.73 Å². The van der Waals surface area contributed by atoms with E-state index in [1.165, 1.54) is 12.1 Å². The predicted molar refractivity (Wildman–Crippen MR) is 72.8 cm³/mol. The molecule has 0 aliphatic rings. The van der Waals surface area contributed by atoms with Crippen molar-refractivity contribution in [2.24, 2.45) is 0 Å². The predicted octanol–water partition coefficient (Wildman–Crippen LogP) is 2.39. The van der Waals surface area contributed by atoms with Crippen molar-refractivity contribution in [2.75, 3.05) is 5.73 Å². The number of rotatable bonds is 3. The molecule has 108 valence electrons. The van der Waals surface area contributed by atoms with Crippen molar-refractivity contribution in [1.82, 2.24) is 0 Å². The summed E-state index contributed by atoms with van der Waals surface area (Å²) < 4.78 is 50.9. The highest BCUT2D eigenvalue weighted by atomic mass is 32.2. The van der Waals surface area contributed by atoms with Crippen molar-refractivity contribution >= 4 is 15.5 Å². The third-order valence-corrected chi connectivity index (χ3v) is 4.52. The van der Waals surface area contributed by atoms with E-state index in [1.807, 2.05) is 0 Å². The lowest BCUT2D eigenvalue weighted by atomic mass is 10.1. The van der Waals surface area contributed by atoms with Gasteiger partial charge in [0.15, 0.2) is 9.84 Å². The molecule has 2 N–H and O–H groups in total. The first-order chi connectivity index (χ1) is 9.83.